The molecule has 2 aromatic rings. The summed E-state index contributed by atoms with van der Waals surface area (Å²) in [6.45, 7) is 0. The van der Waals surface area contributed by atoms with Gasteiger partial charge in [-0.1, -0.05) is 52.6 Å². The second kappa shape index (κ2) is 7.46. The van der Waals surface area contributed by atoms with Crippen molar-refractivity contribution in [1.82, 2.24) is 4.98 Å². The highest BCUT2D eigenvalue weighted by Crippen LogP contribution is 2.37. The Morgan fingerprint density at radius 3 is 2.55 bits per heavy atom. The first-order valence-electron chi connectivity index (χ1n) is 5.75. The largest absolute Gasteiger partial charge is 0.321 e. The van der Waals surface area contributed by atoms with Gasteiger partial charge in [0.05, 0.1) is 21.2 Å². The molecule has 0 spiro atoms. The van der Waals surface area contributed by atoms with Crippen molar-refractivity contribution < 1.29 is 13.6 Å². The second-order valence-electron chi connectivity index (χ2n) is 3.92. The molecule has 1 heterocycles. The number of aromatic nitrogens is 1. The van der Waals surface area contributed by atoms with Gasteiger partial charge < -0.3 is 5.32 Å². The van der Waals surface area contributed by atoms with Crippen LogP contribution in [0.2, 0.25) is 15.3 Å². The number of rotatable bonds is 4. The lowest BCUT2D eigenvalue weighted by Gasteiger charge is -2.12. The van der Waals surface area contributed by atoms with Crippen LogP contribution in [0.4, 0.5) is 14.5 Å². The molecule has 0 aliphatic carbocycles. The fourth-order valence-corrected chi connectivity index (χ4v) is 2.93. The summed E-state index contributed by atoms with van der Waals surface area (Å²) >= 11 is 17.6. The van der Waals surface area contributed by atoms with Crippen LogP contribution in [0.1, 0.15) is 10.4 Å². The highest BCUT2D eigenvalue weighted by molar-refractivity contribution is 7.99. The molecule has 1 N–H and O–H groups in total. The maximum Gasteiger partial charge on any atom is 0.289 e. The molecule has 1 aromatic carbocycles. The van der Waals surface area contributed by atoms with Crippen molar-refractivity contribution in [3.05, 3.63) is 51.2 Å². The van der Waals surface area contributed by atoms with Crippen molar-refractivity contribution in [2.75, 3.05) is 5.32 Å². The van der Waals surface area contributed by atoms with Gasteiger partial charge in [0, 0.05) is 0 Å². The molecule has 0 fully saturated rings. The lowest BCUT2D eigenvalue weighted by atomic mass is 10.2. The first-order valence-corrected chi connectivity index (χ1v) is 7.76. The molecule has 0 saturated heterocycles. The number of thioether (sulfide) groups is 1. The lowest BCUT2D eigenvalue weighted by molar-refractivity contribution is 0.102. The van der Waals surface area contributed by atoms with Gasteiger partial charge in [-0.2, -0.15) is 8.78 Å². The van der Waals surface area contributed by atoms with E-state index in [-0.39, 0.29) is 43.2 Å². The molecule has 3 nitrogen and oxygen atoms in total. The van der Waals surface area contributed by atoms with Gasteiger partial charge in [-0.15, -0.1) is 0 Å². The average Bonchev–Trinajstić information content (AvgIpc) is 2.42. The monoisotopic (exact) mass is 382 g/mol. The summed E-state index contributed by atoms with van der Waals surface area (Å²) in [6.07, 6.45) is 0. The Labute approximate surface area is 144 Å². The normalized spacial score (nSPS) is 10.8. The van der Waals surface area contributed by atoms with Gasteiger partial charge in [-0.25, -0.2) is 4.98 Å². The molecule has 0 saturated carbocycles. The summed E-state index contributed by atoms with van der Waals surface area (Å²) in [5.74, 6) is -3.27. The summed E-state index contributed by atoms with van der Waals surface area (Å²) in [7, 11) is 0. The Kier molecular flexibility index (Phi) is 5.86. The first-order chi connectivity index (χ1) is 10.4. The first kappa shape index (κ1) is 17.3. The Morgan fingerprint density at radius 1 is 1.18 bits per heavy atom. The maximum absolute atomic E-state index is 12.6. The molecule has 0 unspecified atom stereocenters. The maximum atomic E-state index is 12.6. The molecule has 22 heavy (non-hydrogen) atoms. The Morgan fingerprint density at radius 2 is 1.91 bits per heavy atom. The molecule has 0 radical (unpaired) electrons. The predicted molar refractivity (Wildman–Crippen MR) is 85.5 cm³/mol. The average molecular weight is 384 g/mol. The van der Waals surface area contributed by atoms with Crippen LogP contribution in [0.25, 0.3) is 0 Å². The zero-order chi connectivity index (χ0) is 16.3. The van der Waals surface area contributed by atoms with Gasteiger partial charge in [0.15, 0.2) is 0 Å². The van der Waals surface area contributed by atoms with Crippen molar-refractivity contribution in [1.29, 1.82) is 0 Å². The van der Waals surface area contributed by atoms with Gasteiger partial charge in [0.1, 0.15) is 10.3 Å². The minimum Gasteiger partial charge on any atom is -0.321 e. The van der Waals surface area contributed by atoms with Crippen molar-refractivity contribution in [2.45, 2.75) is 10.7 Å². The Bertz CT molecular complexity index is 716. The van der Waals surface area contributed by atoms with Crippen LogP contribution >= 0.6 is 46.6 Å². The quantitative estimate of drug-likeness (QED) is 0.551. The number of pyridine rings is 1. The van der Waals surface area contributed by atoms with Crippen LogP contribution in [0, 0.1) is 0 Å². The smallest absolute Gasteiger partial charge is 0.289 e. The zero-order valence-corrected chi connectivity index (χ0v) is 13.7. The molecule has 0 aliphatic heterocycles. The van der Waals surface area contributed by atoms with Crippen molar-refractivity contribution in [3.63, 3.8) is 0 Å². The zero-order valence-electron chi connectivity index (χ0n) is 10.6. The number of hydrogen-bond acceptors (Lipinski definition) is 3. The van der Waals surface area contributed by atoms with Crippen molar-refractivity contribution in [2.24, 2.45) is 0 Å². The minimum atomic E-state index is -2.67. The number of amides is 1. The number of benzene rings is 1. The molecular formula is C13H7Cl3F2N2OS. The number of alkyl halides is 2. The third kappa shape index (κ3) is 4.23. The lowest BCUT2D eigenvalue weighted by Crippen LogP contribution is -2.14. The van der Waals surface area contributed by atoms with E-state index >= 15 is 0 Å². The summed E-state index contributed by atoms with van der Waals surface area (Å²) < 4.78 is 25.2. The van der Waals surface area contributed by atoms with E-state index < -0.39 is 11.7 Å². The van der Waals surface area contributed by atoms with Gasteiger partial charge in [-0.3, -0.25) is 4.79 Å². The van der Waals surface area contributed by atoms with E-state index in [0.717, 1.165) is 0 Å². The SMILES string of the molecule is O=C(Nc1cccc(Cl)c1SC(F)F)c1ccc(Cl)nc1Cl. The number of carbonyl (C=O) groups excluding carboxylic acids is 1. The molecule has 2 rings (SSSR count). The summed E-state index contributed by atoms with van der Waals surface area (Å²) in [5, 5.41) is 2.65. The van der Waals surface area contributed by atoms with E-state index in [1.807, 2.05) is 0 Å². The van der Waals surface area contributed by atoms with Crippen LogP contribution in [0.15, 0.2) is 35.2 Å². The molecule has 9 heteroatoms. The molecule has 116 valence electrons. The third-order valence-electron chi connectivity index (χ3n) is 2.48. The number of anilines is 1. The number of halogens is 5. The number of carbonyl (C=O) groups is 1. The van der Waals surface area contributed by atoms with Crippen LogP contribution in [0.5, 0.6) is 0 Å². The standard InChI is InChI=1S/C13H7Cl3F2N2OS/c14-7-2-1-3-8(10(7)22-13(17)18)19-12(21)6-4-5-9(15)20-11(6)16/h1-5,13H,(H,19,21). The van der Waals surface area contributed by atoms with Gasteiger partial charge in [-0.05, 0) is 24.3 Å². The van der Waals surface area contributed by atoms with E-state index in [4.69, 9.17) is 34.8 Å². The van der Waals surface area contributed by atoms with Crippen LogP contribution in [-0.2, 0) is 0 Å². The number of nitrogens with one attached hydrogen (secondary N) is 1. The summed E-state index contributed by atoms with van der Waals surface area (Å²) in [5.41, 5.74) is 0.229. The van der Waals surface area contributed by atoms with Crippen molar-refractivity contribution in [3.8, 4) is 0 Å². The Balaban J connectivity index is 2.30. The van der Waals surface area contributed by atoms with Gasteiger partial charge >= 0.3 is 0 Å². The fourth-order valence-electron chi connectivity index (χ4n) is 1.59. The molecule has 0 aliphatic rings. The number of hydrogen-bond donors (Lipinski definition) is 1. The third-order valence-corrected chi connectivity index (χ3v) is 4.26. The van der Waals surface area contributed by atoms with Crippen LogP contribution < -0.4 is 5.32 Å². The number of nitrogens with zero attached hydrogens (tertiary/aromatic N) is 1. The van der Waals surface area contributed by atoms with Crippen LogP contribution in [-0.4, -0.2) is 16.6 Å². The van der Waals surface area contributed by atoms with Crippen molar-refractivity contribution >= 4 is 58.2 Å². The van der Waals surface area contributed by atoms with E-state index in [1.165, 1.54) is 30.3 Å². The molecule has 0 atom stereocenters. The van der Waals surface area contributed by atoms with Gasteiger partial charge in [0.25, 0.3) is 11.7 Å². The predicted octanol–water partition coefficient (Wildman–Crippen LogP) is 5.61. The summed E-state index contributed by atoms with van der Waals surface area (Å²) in [4.78, 5) is 16.0. The highest BCUT2D eigenvalue weighted by Gasteiger charge is 2.18. The molecule has 0 bridgehead atoms. The van der Waals surface area contributed by atoms with Gasteiger partial charge in [0.2, 0.25) is 0 Å². The van der Waals surface area contributed by atoms with E-state index in [9.17, 15) is 13.6 Å². The summed E-state index contributed by atoms with van der Waals surface area (Å²) in [6, 6.07) is 7.24. The minimum absolute atomic E-state index is 0.0686. The molecule has 1 aromatic heterocycles. The second-order valence-corrected chi connectivity index (χ2v) is 6.07. The molecular weight excluding hydrogens is 377 g/mol. The topological polar surface area (TPSA) is 42.0 Å². The Hall–Kier alpha value is -1.08. The van der Waals surface area contributed by atoms with E-state index in [0.29, 0.717) is 0 Å². The molecule has 1 amide bonds. The van der Waals surface area contributed by atoms with E-state index in [1.54, 1.807) is 0 Å². The van der Waals surface area contributed by atoms with Crippen LogP contribution in [0.3, 0.4) is 0 Å². The highest BCUT2D eigenvalue weighted by atomic mass is 35.5. The fraction of sp³-hybridized carbons (Fsp3) is 0.0769. The van der Waals surface area contributed by atoms with E-state index in [2.05, 4.69) is 10.3 Å².